The largest absolute Gasteiger partial charge is 0.335 e. The highest BCUT2D eigenvalue weighted by molar-refractivity contribution is 7.88. The van der Waals surface area contributed by atoms with Crippen LogP contribution < -0.4 is 4.72 Å². The summed E-state index contributed by atoms with van der Waals surface area (Å²) in [5, 5.41) is 8.35. The lowest BCUT2D eigenvalue weighted by Crippen LogP contribution is -2.24. The first-order chi connectivity index (χ1) is 21.5. The van der Waals surface area contributed by atoms with E-state index in [0.717, 1.165) is 33.8 Å². The van der Waals surface area contributed by atoms with E-state index >= 15 is 0 Å². The zero-order chi connectivity index (χ0) is 31.3. The second-order valence-electron chi connectivity index (χ2n) is 11.3. The molecule has 7 rings (SSSR count). The minimum Gasteiger partial charge on any atom is -0.335 e. The number of imidazole rings is 1. The Hall–Kier alpha value is -4.66. The summed E-state index contributed by atoms with van der Waals surface area (Å²) in [6.45, 7) is 0.424. The van der Waals surface area contributed by atoms with Crippen LogP contribution in [0.2, 0.25) is 0 Å². The third kappa shape index (κ3) is 6.16. The van der Waals surface area contributed by atoms with E-state index in [-0.39, 0.29) is 19.5 Å². The first kappa shape index (κ1) is 29.1. The number of halogens is 3. The molecule has 1 aliphatic heterocycles. The average Bonchev–Trinajstić information content (AvgIpc) is 3.71. The summed E-state index contributed by atoms with van der Waals surface area (Å²) in [5.74, 6) is -2.70. The van der Waals surface area contributed by atoms with Gasteiger partial charge in [0, 0.05) is 61.2 Å². The fourth-order valence-electron chi connectivity index (χ4n) is 5.68. The van der Waals surface area contributed by atoms with Gasteiger partial charge in [-0.05, 0) is 58.7 Å². The molecule has 3 N–H and O–H groups in total. The van der Waals surface area contributed by atoms with Gasteiger partial charge in [-0.2, -0.15) is 5.10 Å². The molecule has 0 saturated carbocycles. The molecule has 0 amide bonds. The molecule has 5 heterocycles. The van der Waals surface area contributed by atoms with Crippen molar-refractivity contribution in [2.75, 3.05) is 19.3 Å². The highest BCUT2D eigenvalue weighted by Crippen LogP contribution is 2.34. The van der Waals surface area contributed by atoms with Crippen molar-refractivity contribution in [3.05, 3.63) is 84.2 Å². The number of alkyl halides is 2. The van der Waals surface area contributed by atoms with Crippen LogP contribution in [0.4, 0.5) is 13.2 Å². The second kappa shape index (κ2) is 11.1. The average molecular weight is 633 g/mol. The second-order valence-corrected chi connectivity index (χ2v) is 13.2. The number of hydrogen-bond donors (Lipinski definition) is 3. The number of nitrogens with one attached hydrogen (secondary N) is 3. The Bertz CT molecular complexity index is 2180. The lowest BCUT2D eigenvalue weighted by Gasteiger charge is -2.15. The van der Waals surface area contributed by atoms with E-state index in [2.05, 4.69) is 29.9 Å². The van der Waals surface area contributed by atoms with Crippen molar-refractivity contribution in [2.24, 2.45) is 0 Å². The monoisotopic (exact) mass is 632 g/mol. The molecule has 45 heavy (non-hydrogen) atoms. The lowest BCUT2D eigenvalue weighted by molar-refractivity contribution is 0.0115. The zero-order valence-electron chi connectivity index (χ0n) is 24.0. The van der Waals surface area contributed by atoms with Crippen molar-refractivity contribution in [1.82, 2.24) is 39.8 Å². The smallest absolute Gasteiger partial charge is 0.261 e. The number of nitrogens with zero attached hydrogens (tertiary/aromatic N) is 5. The SMILES string of the molecule is CS(=O)(=O)NCc1cc(F)cc(-c2cncc3[nH]c(-c4n[nH]c5ccc(-c6cncc(CN7CCC(F)(F)C7)c6)cc45)nc23)c1. The van der Waals surface area contributed by atoms with Gasteiger partial charge in [0.25, 0.3) is 5.92 Å². The van der Waals surface area contributed by atoms with Crippen LogP contribution in [0.25, 0.3) is 55.7 Å². The van der Waals surface area contributed by atoms with Gasteiger partial charge in [-0.1, -0.05) is 6.07 Å². The number of aromatic nitrogens is 6. The number of aromatic amines is 2. The van der Waals surface area contributed by atoms with Crippen molar-refractivity contribution in [3.63, 3.8) is 0 Å². The topological polar surface area (TPSA) is 133 Å². The van der Waals surface area contributed by atoms with Crippen molar-refractivity contribution >= 4 is 32.0 Å². The van der Waals surface area contributed by atoms with Crippen LogP contribution in [0, 0.1) is 5.82 Å². The van der Waals surface area contributed by atoms with Crippen LogP contribution in [0.15, 0.2) is 67.3 Å². The molecular weight excluding hydrogens is 605 g/mol. The van der Waals surface area contributed by atoms with Crippen molar-refractivity contribution in [1.29, 1.82) is 0 Å². The van der Waals surface area contributed by atoms with Gasteiger partial charge in [-0.3, -0.25) is 20.0 Å². The van der Waals surface area contributed by atoms with Gasteiger partial charge in [-0.15, -0.1) is 0 Å². The van der Waals surface area contributed by atoms with Crippen LogP contribution in [0.3, 0.4) is 0 Å². The van der Waals surface area contributed by atoms with E-state index in [1.165, 1.54) is 12.1 Å². The molecule has 0 spiro atoms. The van der Waals surface area contributed by atoms with Crippen molar-refractivity contribution < 1.29 is 21.6 Å². The fourth-order valence-corrected chi connectivity index (χ4v) is 6.11. The number of rotatable bonds is 8. The van der Waals surface area contributed by atoms with Gasteiger partial charge < -0.3 is 4.98 Å². The molecule has 1 aliphatic rings. The van der Waals surface area contributed by atoms with Gasteiger partial charge in [0.05, 0.1) is 35.5 Å². The third-order valence-corrected chi connectivity index (χ3v) is 8.44. The lowest BCUT2D eigenvalue weighted by atomic mass is 10.0. The maximum absolute atomic E-state index is 14.6. The van der Waals surface area contributed by atoms with E-state index in [1.807, 2.05) is 24.3 Å². The normalized spacial score (nSPS) is 15.4. The van der Waals surface area contributed by atoms with E-state index in [0.29, 0.717) is 52.3 Å². The van der Waals surface area contributed by atoms with Crippen molar-refractivity contribution in [2.45, 2.75) is 25.4 Å². The molecule has 0 bridgehead atoms. The molecule has 2 aromatic carbocycles. The van der Waals surface area contributed by atoms with Gasteiger partial charge in [0.2, 0.25) is 10.0 Å². The molecule has 10 nitrogen and oxygen atoms in total. The van der Waals surface area contributed by atoms with E-state index in [1.54, 1.807) is 35.8 Å². The summed E-state index contributed by atoms with van der Waals surface area (Å²) < 4.78 is 67.5. The highest BCUT2D eigenvalue weighted by atomic mass is 32.2. The Kier molecular flexibility index (Phi) is 7.14. The van der Waals surface area contributed by atoms with Gasteiger partial charge in [0.15, 0.2) is 5.82 Å². The number of benzene rings is 2. The van der Waals surface area contributed by atoms with E-state index in [4.69, 9.17) is 4.98 Å². The molecule has 230 valence electrons. The Balaban J connectivity index is 1.22. The predicted octanol–water partition coefficient (Wildman–Crippen LogP) is 5.26. The van der Waals surface area contributed by atoms with Crippen LogP contribution in [0.5, 0.6) is 0 Å². The standard InChI is InChI=1S/C31H27F3N8O2S/c1-45(43,44)37-12-18-6-21(9-23(32)8-18)25-14-36-15-27-28(25)39-30(38-27)29-24-10-20(2-3-26(24)40-41-29)22-7-19(11-35-13-22)16-42-5-4-31(33,34)17-42/h2-3,6-11,13-15,37H,4-5,12,16-17H2,1H3,(H,38,39)(H,40,41). The summed E-state index contributed by atoms with van der Waals surface area (Å²) in [6, 6.07) is 12.1. The predicted molar refractivity (Wildman–Crippen MR) is 164 cm³/mol. The Morgan fingerprint density at radius 1 is 0.956 bits per heavy atom. The summed E-state index contributed by atoms with van der Waals surface area (Å²) in [6.07, 6.45) is 7.55. The summed E-state index contributed by atoms with van der Waals surface area (Å²) in [7, 11) is -3.46. The zero-order valence-corrected chi connectivity index (χ0v) is 24.8. The Labute approximate surface area is 255 Å². The molecule has 4 aromatic heterocycles. The minimum absolute atomic E-state index is 0.0625. The van der Waals surface area contributed by atoms with Crippen molar-refractivity contribution in [3.8, 4) is 33.8 Å². The molecule has 1 fully saturated rings. The highest BCUT2D eigenvalue weighted by Gasteiger charge is 2.37. The maximum atomic E-state index is 14.6. The van der Waals surface area contributed by atoms with Crippen LogP contribution in [-0.4, -0.2) is 68.7 Å². The number of H-pyrrole nitrogens is 2. The number of pyridine rings is 2. The quantitative estimate of drug-likeness (QED) is 0.209. The maximum Gasteiger partial charge on any atom is 0.261 e. The summed E-state index contributed by atoms with van der Waals surface area (Å²) >= 11 is 0. The molecule has 1 saturated heterocycles. The third-order valence-electron chi connectivity index (χ3n) is 7.77. The van der Waals surface area contributed by atoms with Gasteiger partial charge in [-0.25, -0.2) is 31.3 Å². The molecule has 14 heteroatoms. The van der Waals surface area contributed by atoms with E-state index in [9.17, 15) is 21.6 Å². The van der Waals surface area contributed by atoms with Crippen LogP contribution >= 0.6 is 0 Å². The number of fused-ring (bicyclic) bond motifs is 2. The van der Waals surface area contributed by atoms with Crippen LogP contribution in [-0.2, 0) is 23.1 Å². The van der Waals surface area contributed by atoms with Gasteiger partial charge in [0.1, 0.15) is 11.5 Å². The summed E-state index contributed by atoms with van der Waals surface area (Å²) in [5.41, 5.74) is 6.58. The molecule has 0 aliphatic carbocycles. The number of sulfonamides is 1. The minimum atomic E-state index is -3.46. The van der Waals surface area contributed by atoms with E-state index < -0.39 is 21.8 Å². The number of hydrogen-bond acceptors (Lipinski definition) is 7. The van der Waals surface area contributed by atoms with Crippen LogP contribution in [0.1, 0.15) is 17.5 Å². The molecule has 0 atom stereocenters. The molecular formula is C31H27F3N8O2S. The first-order valence-corrected chi connectivity index (χ1v) is 16.0. The molecule has 0 unspecified atom stereocenters. The Morgan fingerprint density at radius 3 is 2.58 bits per heavy atom. The number of likely N-dealkylation sites (tertiary alicyclic amines) is 1. The molecule has 0 radical (unpaired) electrons. The van der Waals surface area contributed by atoms with Gasteiger partial charge >= 0.3 is 0 Å². The summed E-state index contributed by atoms with van der Waals surface area (Å²) in [4.78, 5) is 18.5. The Morgan fingerprint density at radius 2 is 1.78 bits per heavy atom. The fraction of sp³-hybridized carbons (Fsp3) is 0.226. The first-order valence-electron chi connectivity index (χ1n) is 14.1. The molecule has 6 aromatic rings.